The van der Waals surface area contributed by atoms with Crippen molar-refractivity contribution < 1.29 is 4.79 Å². The number of hydrogen-bond acceptors (Lipinski definition) is 3. The van der Waals surface area contributed by atoms with Crippen LogP contribution in [0.3, 0.4) is 0 Å². The first-order valence-electron chi connectivity index (χ1n) is 7.71. The van der Waals surface area contributed by atoms with E-state index in [1.807, 2.05) is 24.1 Å². The van der Waals surface area contributed by atoms with Gasteiger partial charge >= 0.3 is 0 Å². The zero-order valence-corrected chi connectivity index (χ0v) is 12.1. The van der Waals surface area contributed by atoms with E-state index in [1.54, 1.807) is 6.20 Å². The van der Waals surface area contributed by atoms with Crippen LogP contribution in [-0.2, 0) is 0 Å². The van der Waals surface area contributed by atoms with Gasteiger partial charge in [-0.3, -0.25) is 4.79 Å². The van der Waals surface area contributed by atoms with E-state index < -0.39 is 0 Å². The Morgan fingerprint density at radius 3 is 2.90 bits per heavy atom. The van der Waals surface area contributed by atoms with Crippen LogP contribution in [0.2, 0.25) is 0 Å². The molecule has 1 saturated carbocycles. The van der Waals surface area contributed by atoms with Crippen molar-refractivity contribution in [1.29, 1.82) is 0 Å². The Labute approximate surface area is 120 Å². The van der Waals surface area contributed by atoms with E-state index in [4.69, 9.17) is 0 Å². The molecule has 1 aliphatic carbocycles. The average molecular weight is 273 g/mol. The minimum atomic E-state index is 0.160. The lowest BCUT2D eigenvalue weighted by atomic mass is 9.75. The summed E-state index contributed by atoms with van der Waals surface area (Å²) in [6.07, 6.45) is 8.26. The molecule has 108 valence electrons. The van der Waals surface area contributed by atoms with E-state index in [-0.39, 0.29) is 5.91 Å². The summed E-state index contributed by atoms with van der Waals surface area (Å²) in [6, 6.07) is 3.66. The second kappa shape index (κ2) is 5.81. The summed E-state index contributed by atoms with van der Waals surface area (Å²) in [7, 11) is 1.82. The number of nitrogens with one attached hydrogen (secondary N) is 1. The number of piperidine rings is 1. The van der Waals surface area contributed by atoms with E-state index in [0.717, 1.165) is 36.3 Å². The number of likely N-dealkylation sites (tertiary alicyclic amines) is 1. The first kappa shape index (κ1) is 13.4. The number of anilines is 1. The molecule has 1 saturated heterocycles. The molecular weight excluding hydrogens is 250 g/mol. The second-order valence-electron chi connectivity index (χ2n) is 6.02. The molecule has 0 bridgehead atoms. The van der Waals surface area contributed by atoms with Crippen LogP contribution in [0.15, 0.2) is 18.3 Å². The van der Waals surface area contributed by atoms with Gasteiger partial charge in [-0.05, 0) is 36.8 Å². The number of nitrogens with zero attached hydrogens (tertiary/aromatic N) is 2. The van der Waals surface area contributed by atoms with Crippen molar-refractivity contribution in [3.63, 3.8) is 0 Å². The molecule has 0 aromatic carbocycles. The minimum Gasteiger partial charge on any atom is -0.373 e. The van der Waals surface area contributed by atoms with E-state index in [1.165, 1.54) is 32.1 Å². The minimum absolute atomic E-state index is 0.160. The maximum atomic E-state index is 12.6. The number of pyridine rings is 1. The highest BCUT2D eigenvalue weighted by Crippen LogP contribution is 2.36. The zero-order valence-electron chi connectivity index (χ0n) is 12.1. The van der Waals surface area contributed by atoms with Crippen LogP contribution in [0.1, 0.15) is 42.5 Å². The van der Waals surface area contributed by atoms with Crippen molar-refractivity contribution in [2.24, 2.45) is 11.8 Å². The molecule has 1 aromatic heterocycles. The van der Waals surface area contributed by atoms with Gasteiger partial charge in [-0.1, -0.05) is 19.3 Å². The van der Waals surface area contributed by atoms with Gasteiger partial charge in [0.1, 0.15) is 5.82 Å². The van der Waals surface area contributed by atoms with Crippen molar-refractivity contribution in [2.75, 3.05) is 25.5 Å². The average Bonchev–Trinajstić information content (AvgIpc) is 2.53. The van der Waals surface area contributed by atoms with Crippen molar-refractivity contribution in [3.05, 3.63) is 23.9 Å². The predicted molar refractivity (Wildman–Crippen MR) is 79.8 cm³/mol. The molecule has 1 aromatic rings. The molecule has 1 amide bonds. The zero-order chi connectivity index (χ0) is 13.9. The topological polar surface area (TPSA) is 45.2 Å². The summed E-state index contributed by atoms with van der Waals surface area (Å²) in [6.45, 7) is 1.86. The Morgan fingerprint density at radius 1 is 1.30 bits per heavy atom. The first-order chi connectivity index (χ1) is 9.78. The van der Waals surface area contributed by atoms with Gasteiger partial charge in [0.25, 0.3) is 5.91 Å². The Kier molecular flexibility index (Phi) is 3.90. The third kappa shape index (κ3) is 2.65. The van der Waals surface area contributed by atoms with E-state index in [2.05, 4.69) is 10.3 Å². The van der Waals surface area contributed by atoms with Crippen molar-refractivity contribution >= 4 is 11.7 Å². The highest BCUT2D eigenvalue weighted by molar-refractivity contribution is 5.94. The third-order valence-electron chi connectivity index (χ3n) is 4.84. The van der Waals surface area contributed by atoms with Gasteiger partial charge in [-0.25, -0.2) is 4.98 Å². The fourth-order valence-corrected chi connectivity index (χ4v) is 3.67. The normalized spacial score (nSPS) is 25.9. The largest absolute Gasteiger partial charge is 0.373 e. The lowest BCUT2D eigenvalue weighted by molar-refractivity contribution is 0.0521. The smallest absolute Gasteiger partial charge is 0.254 e. The first-order valence-corrected chi connectivity index (χ1v) is 7.71. The molecule has 2 heterocycles. The van der Waals surface area contributed by atoms with Crippen LogP contribution < -0.4 is 5.32 Å². The molecule has 20 heavy (non-hydrogen) atoms. The highest BCUT2D eigenvalue weighted by atomic mass is 16.2. The number of hydrogen-bond donors (Lipinski definition) is 1. The lowest BCUT2D eigenvalue weighted by Gasteiger charge is -2.41. The van der Waals surface area contributed by atoms with Gasteiger partial charge in [-0.15, -0.1) is 0 Å². The fraction of sp³-hybridized carbons (Fsp3) is 0.625. The number of aromatic nitrogens is 1. The Bertz CT molecular complexity index is 488. The predicted octanol–water partition coefficient (Wildman–Crippen LogP) is 2.78. The molecule has 2 aliphatic rings. The van der Waals surface area contributed by atoms with E-state index in [0.29, 0.717) is 0 Å². The molecule has 1 aliphatic heterocycles. The van der Waals surface area contributed by atoms with Crippen LogP contribution in [0.5, 0.6) is 0 Å². The van der Waals surface area contributed by atoms with Gasteiger partial charge in [0.05, 0.1) is 0 Å². The monoisotopic (exact) mass is 273 g/mol. The van der Waals surface area contributed by atoms with E-state index >= 15 is 0 Å². The lowest BCUT2D eigenvalue weighted by Crippen LogP contribution is -2.44. The van der Waals surface area contributed by atoms with Crippen LogP contribution in [0.25, 0.3) is 0 Å². The van der Waals surface area contributed by atoms with E-state index in [9.17, 15) is 4.79 Å². The van der Waals surface area contributed by atoms with Crippen molar-refractivity contribution in [3.8, 4) is 0 Å². The van der Waals surface area contributed by atoms with Crippen LogP contribution in [0, 0.1) is 11.8 Å². The molecule has 2 unspecified atom stereocenters. The molecule has 4 heteroatoms. The summed E-state index contributed by atoms with van der Waals surface area (Å²) in [5, 5.41) is 2.99. The molecule has 3 rings (SSSR count). The van der Waals surface area contributed by atoms with Crippen LogP contribution in [-0.4, -0.2) is 35.9 Å². The van der Waals surface area contributed by atoms with Gasteiger partial charge in [0.2, 0.25) is 0 Å². The second-order valence-corrected chi connectivity index (χ2v) is 6.02. The fourth-order valence-electron chi connectivity index (χ4n) is 3.67. The number of rotatable bonds is 2. The Morgan fingerprint density at radius 2 is 2.10 bits per heavy atom. The third-order valence-corrected chi connectivity index (χ3v) is 4.84. The number of carbonyl (C=O) groups is 1. The van der Waals surface area contributed by atoms with Gasteiger partial charge in [0, 0.05) is 31.9 Å². The SMILES string of the molecule is CNc1cc(C(=O)N2CCC3CCCCC3C2)ccn1. The maximum Gasteiger partial charge on any atom is 0.254 e. The molecule has 2 fully saturated rings. The van der Waals surface area contributed by atoms with Crippen molar-refractivity contribution in [2.45, 2.75) is 32.1 Å². The van der Waals surface area contributed by atoms with Crippen molar-refractivity contribution in [1.82, 2.24) is 9.88 Å². The molecule has 2 atom stereocenters. The molecule has 4 nitrogen and oxygen atoms in total. The van der Waals surface area contributed by atoms with Gasteiger partial charge in [-0.2, -0.15) is 0 Å². The molecule has 0 spiro atoms. The summed E-state index contributed by atoms with van der Waals surface area (Å²) in [4.78, 5) is 18.8. The summed E-state index contributed by atoms with van der Waals surface area (Å²) >= 11 is 0. The Hall–Kier alpha value is -1.58. The van der Waals surface area contributed by atoms with Gasteiger partial charge < -0.3 is 10.2 Å². The molecule has 0 radical (unpaired) electrons. The van der Waals surface area contributed by atoms with Crippen LogP contribution in [0.4, 0.5) is 5.82 Å². The summed E-state index contributed by atoms with van der Waals surface area (Å²) in [5.74, 6) is 2.50. The number of carbonyl (C=O) groups excluding carboxylic acids is 1. The Balaban J connectivity index is 1.70. The summed E-state index contributed by atoms with van der Waals surface area (Å²) in [5.41, 5.74) is 0.749. The standard InChI is InChI=1S/C16H23N3O/c1-17-15-10-13(6-8-18-15)16(20)19-9-7-12-4-2-3-5-14(12)11-19/h6,8,10,12,14H,2-5,7,9,11H2,1H3,(H,17,18). The van der Waals surface area contributed by atoms with Crippen LogP contribution >= 0.6 is 0 Å². The highest BCUT2D eigenvalue weighted by Gasteiger charge is 2.33. The number of amides is 1. The quantitative estimate of drug-likeness (QED) is 0.901. The maximum absolute atomic E-state index is 12.6. The molecule has 1 N–H and O–H groups in total. The number of fused-ring (bicyclic) bond motifs is 1. The van der Waals surface area contributed by atoms with Gasteiger partial charge in [0.15, 0.2) is 0 Å². The molecular formula is C16H23N3O. The summed E-state index contributed by atoms with van der Waals surface area (Å²) < 4.78 is 0.